The standard InChI is InChI=1S/C15H20N2O4/c1-2-20-12-9-11(15(12)7-4-8-21-15)17-13-6-3-5-10(16-13)14(18)19/h3,5-6,11-12H,2,4,7-9H2,1H3,(H,16,17)(H,18,19). The summed E-state index contributed by atoms with van der Waals surface area (Å²) in [5, 5.41) is 12.3. The lowest BCUT2D eigenvalue weighted by Gasteiger charge is -2.52. The SMILES string of the molecule is CCOC1CC(Nc2cccc(C(=O)O)n2)C12CCCO2. The maximum atomic E-state index is 11.0. The van der Waals surface area contributed by atoms with Gasteiger partial charge in [-0.15, -0.1) is 0 Å². The van der Waals surface area contributed by atoms with E-state index in [4.69, 9.17) is 14.6 Å². The van der Waals surface area contributed by atoms with Gasteiger partial charge < -0.3 is 19.9 Å². The van der Waals surface area contributed by atoms with E-state index in [9.17, 15) is 4.79 Å². The lowest BCUT2D eigenvalue weighted by molar-refractivity contribution is -0.184. The second-order valence-electron chi connectivity index (χ2n) is 5.50. The summed E-state index contributed by atoms with van der Waals surface area (Å²) in [5.74, 6) is -0.448. The maximum absolute atomic E-state index is 11.0. The lowest BCUT2D eigenvalue weighted by Crippen LogP contribution is -2.66. The fourth-order valence-corrected chi connectivity index (χ4v) is 3.29. The Morgan fingerprint density at radius 3 is 3.14 bits per heavy atom. The Kier molecular flexibility index (Phi) is 3.82. The first-order valence-corrected chi connectivity index (χ1v) is 7.38. The number of carboxylic acid groups (broad SMARTS) is 1. The Balaban J connectivity index is 1.73. The van der Waals surface area contributed by atoms with Crippen LogP contribution in [0, 0.1) is 0 Å². The number of aromatic carboxylic acids is 1. The molecular weight excluding hydrogens is 272 g/mol. The van der Waals surface area contributed by atoms with Crippen LogP contribution < -0.4 is 5.32 Å². The molecule has 0 radical (unpaired) electrons. The van der Waals surface area contributed by atoms with Crippen LogP contribution in [0.25, 0.3) is 0 Å². The molecule has 114 valence electrons. The Bertz CT molecular complexity index is 528. The van der Waals surface area contributed by atoms with Crippen molar-refractivity contribution in [1.82, 2.24) is 4.98 Å². The molecule has 1 aromatic heterocycles. The highest BCUT2D eigenvalue weighted by Gasteiger charge is 2.58. The summed E-state index contributed by atoms with van der Waals surface area (Å²) < 4.78 is 11.7. The van der Waals surface area contributed by atoms with Crippen molar-refractivity contribution in [3.8, 4) is 0 Å². The zero-order valence-corrected chi connectivity index (χ0v) is 12.0. The molecule has 2 heterocycles. The van der Waals surface area contributed by atoms with Gasteiger partial charge in [0.2, 0.25) is 0 Å². The van der Waals surface area contributed by atoms with E-state index >= 15 is 0 Å². The van der Waals surface area contributed by atoms with Crippen LogP contribution in [-0.4, -0.2) is 47.0 Å². The number of carbonyl (C=O) groups is 1. The van der Waals surface area contributed by atoms with Gasteiger partial charge in [0.1, 0.15) is 11.4 Å². The molecule has 1 aliphatic heterocycles. The van der Waals surface area contributed by atoms with E-state index in [0.29, 0.717) is 12.4 Å². The van der Waals surface area contributed by atoms with Gasteiger partial charge in [-0.25, -0.2) is 9.78 Å². The smallest absolute Gasteiger partial charge is 0.354 e. The van der Waals surface area contributed by atoms with E-state index in [0.717, 1.165) is 25.9 Å². The monoisotopic (exact) mass is 292 g/mol. The van der Waals surface area contributed by atoms with E-state index in [2.05, 4.69) is 10.3 Å². The van der Waals surface area contributed by atoms with Crippen LogP contribution in [0.5, 0.6) is 0 Å². The van der Waals surface area contributed by atoms with Crippen molar-refractivity contribution in [3.63, 3.8) is 0 Å². The van der Waals surface area contributed by atoms with Crippen LogP contribution in [0.2, 0.25) is 0 Å². The number of ether oxygens (including phenoxy) is 2. The molecule has 2 aliphatic rings. The average molecular weight is 292 g/mol. The summed E-state index contributed by atoms with van der Waals surface area (Å²) in [6, 6.07) is 5.08. The number of aromatic nitrogens is 1. The Hall–Kier alpha value is -1.66. The summed E-state index contributed by atoms with van der Waals surface area (Å²) in [7, 11) is 0. The molecule has 0 amide bonds. The third kappa shape index (κ3) is 2.49. The molecule has 0 aromatic carbocycles. The predicted octanol–water partition coefficient (Wildman–Crippen LogP) is 1.92. The van der Waals surface area contributed by atoms with Gasteiger partial charge >= 0.3 is 5.97 Å². The number of carboxylic acids is 1. The Labute approximate surface area is 123 Å². The lowest BCUT2D eigenvalue weighted by atomic mass is 9.70. The molecular formula is C15H20N2O4. The summed E-state index contributed by atoms with van der Waals surface area (Å²) in [4.78, 5) is 15.1. The molecule has 1 aromatic rings. The average Bonchev–Trinajstić information content (AvgIpc) is 2.99. The molecule has 0 bridgehead atoms. The summed E-state index contributed by atoms with van der Waals surface area (Å²) >= 11 is 0. The second kappa shape index (κ2) is 5.61. The maximum Gasteiger partial charge on any atom is 0.354 e. The molecule has 6 nitrogen and oxygen atoms in total. The minimum atomic E-state index is -1.02. The fraction of sp³-hybridized carbons (Fsp3) is 0.600. The van der Waals surface area contributed by atoms with Crippen molar-refractivity contribution in [2.24, 2.45) is 0 Å². The van der Waals surface area contributed by atoms with Gasteiger partial charge in [0.15, 0.2) is 5.69 Å². The van der Waals surface area contributed by atoms with E-state index in [1.165, 1.54) is 6.07 Å². The molecule has 6 heteroatoms. The van der Waals surface area contributed by atoms with E-state index in [1.807, 2.05) is 6.92 Å². The highest BCUT2D eigenvalue weighted by atomic mass is 16.6. The highest BCUT2D eigenvalue weighted by Crippen LogP contribution is 2.46. The zero-order chi connectivity index (χ0) is 14.9. The number of nitrogens with zero attached hydrogens (tertiary/aromatic N) is 1. The van der Waals surface area contributed by atoms with Crippen molar-refractivity contribution in [3.05, 3.63) is 23.9 Å². The zero-order valence-electron chi connectivity index (χ0n) is 12.0. The molecule has 3 unspecified atom stereocenters. The number of hydrogen-bond acceptors (Lipinski definition) is 5. The number of anilines is 1. The van der Waals surface area contributed by atoms with Gasteiger partial charge in [-0.2, -0.15) is 0 Å². The van der Waals surface area contributed by atoms with Gasteiger partial charge in [-0.05, 0) is 38.3 Å². The largest absolute Gasteiger partial charge is 0.477 e. The second-order valence-corrected chi connectivity index (χ2v) is 5.50. The van der Waals surface area contributed by atoms with Gasteiger partial charge in [0.05, 0.1) is 12.1 Å². The first-order chi connectivity index (χ1) is 10.2. The van der Waals surface area contributed by atoms with Crippen LogP contribution in [0.15, 0.2) is 18.2 Å². The quantitative estimate of drug-likeness (QED) is 0.863. The number of pyridine rings is 1. The molecule has 21 heavy (non-hydrogen) atoms. The fourth-order valence-electron chi connectivity index (χ4n) is 3.29. The first kappa shape index (κ1) is 14.3. The molecule has 3 rings (SSSR count). The third-order valence-electron chi connectivity index (χ3n) is 4.33. The van der Waals surface area contributed by atoms with Crippen molar-refractivity contribution in [1.29, 1.82) is 0 Å². The van der Waals surface area contributed by atoms with Crippen molar-refractivity contribution >= 4 is 11.8 Å². The van der Waals surface area contributed by atoms with Crippen LogP contribution in [-0.2, 0) is 9.47 Å². The number of rotatable bonds is 5. The van der Waals surface area contributed by atoms with E-state index in [1.54, 1.807) is 12.1 Å². The topological polar surface area (TPSA) is 80.7 Å². The van der Waals surface area contributed by atoms with Crippen LogP contribution in [0.3, 0.4) is 0 Å². The molecule has 1 saturated heterocycles. The first-order valence-electron chi connectivity index (χ1n) is 7.38. The van der Waals surface area contributed by atoms with Crippen LogP contribution in [0.4, 0.5) is 5.82 Å². The van der Waals surface area contributed by atoms with Gasteiger partial charge in [-0.1, -0.05) is 6.07 Å². The summed E-state index contributed by atoms with van der Waals surface area (Å²) in [6.45, 7) is 3.42. The van der Waals surface area contributed by atoms with Crippen LogP contribution >= 0.6 is 0 Å². The summed E-state index contributed by atoms with van der Waals surface area (Å²) in [5.41, 5.74) is -0.237. The summed E-state index contributed by atoms with van der Waals surface area (Å²) in [6.07, 6.45) is 2.97. The molecule has 3 atom stereocenters. The Morgan fingerprint density at radius 2 is 2.48 bits per heavy atom. The number of hydrogen-bond donors (Lipinski definition) is 2. The third-order valence-corrected chi connectivity index (χ3v) is 4.33. The van der Waals surface area contributed by atoms with Gasteiger partial charge in [-0.3, -0.25) is 0 Å². The molecule has 2 N–H and O–H groups in total. The minimum Gasteiger partial charge on any atom is -0.477 e. The van der Waals surface area contributed by atoms with Gasteiger partial charge in [0.25, 0.3) is 0 Å². The van der Waals surface area contributed by atoms with Crippen molar-refractivity contribution in [2.45, 2.75) is 43.9 Å². The van der Waals surface area contributed by atoms with Crippen molar-refractivity contribution < 1.29 is 19.4 Å². The van der Waals surface area contributed by atoms with E-state index < -0.39 is 5.97 Å². The highest BCUT2D eigenvalue weighted by molar-refractivity contribution is 5.85. The molecule has 2 fully saturated rings. The van der Waals surface area contributed by atoms with Gasteiger partial charge in [0, 0.05) is 13.2 Å². The number of nitrogens with one attached hydrogen (secondary N) is 1. The minimum absolute atomic E-state index is 0.0436. The van der Waals surface area contributed by atoms with Crippen LogP contribution in [0.1, 0.15) is 36.7 Å². The van der Waals surface area contributed by atoms with Crippen molar-refractivity contribution in [2.75, 3.05) is 18.5 Å². The molecule has 1 aliphatic carbocycles. The normalized spacial score (nSPS) is 31.1. The Morgan fingerprint density at radius 1 is 1.62 bits per heavy atom. The van der Waals surface area contributed by atoms with E-state index in [-0.39, 0.29) is 23.4 Å². The predicted molar refractivity (Wildman–Crippen MR) is 76.6 cm³/mol. The molecule has 1 saturated carbocycles. The molecule has 1 spiro atoms.